The number of aliphatic hydroxyl groups excluding tert-OH is 1. The van der Waals surface area contributed by atoms with E-state index < -0.39 is 6.10 Å². The molecular weight excluding hydrogens is 200 g/mol. The first-order chi connectivity index (χ1) is 7.63. The third-order valence-corrected chi connectivity index (χ3v) is 2.50. The Labute approximate surface area is 98.3 Å². The molecule has 0 amide bonds. The van der Waals surface area contributed by atoms with Crippen molar-refractivity contribution in [1.29, 1.82) is 0 Å². The molecule has 2 nitrogen and oxygen atoms in total. The van der Waals surface area contributed by atoms with E-state index in [1.165, 1.54) is 5.56 Å². The summed E-state index contributed by atoms with van der Waals surface area (Å²) in [5, 5.41) is 9.87. The van der Waals surface area contributed by atoms with Crippen LogP contribution in [0.1, 0.15) is 38.0 Å². The molecular formula is C14H22O2. The maximum absolute atomic E-state index is 9.87. The van der Waals surface area contributed by atoms with Crippen molar-refractivity contribution >= 4 is 0 Å². The first-order valence-electron chi connectivity index (χ1n) is 5.98. The van der Waals surface area contributed by atoms with Crippen LogP contribution in [0.5, 0.6) is 0 Å². The number of benzene rings is 1. The summed E-state index contributed by atoms with van der Waals surface area (Å²) in [4.78, 5) is 0. The fraction of sp³-hybridized carbons (Fsp3) is 0.571. The number of aliphatic hydroxyl groups is 1. The Balaban J connectivity index is 2.43. The predicted octanol–water partition coefficient (Wildman–Crippen LogP) is 2.96. The third kappa shape index (κ3) is 4.33. The van der Waals surface area contributed by atoms with Crippen molar-refractivity contribution in [2.75, 3.05) is 13.2 Å². The van der Waals surface area contributed by atoms with Gasteiger partial charge in [-0.25, -0.2) is 0 Å². The number of aryl methyl sites for hydroxylation is 1. The van der Waals surface area contributed by atoms with E-state index in [2.05, 4.69) is 32.9 Å². The molecule has 0 fully saturated rings. The van der Waals surface area contributed by atoms with Crippen LogP contribution in [0.2, 0.25) is 0 Å². The molecule has 0 aliphatic heterocycles. The Morgan fingerprint density at radius 2 is 1.75 bits per heavy atom. The SMILES string of the molecule is CCc1ccc(C(O)COCC(C)C)cc1. The second kappa shape index (κ2) is 6.66. The number of hydrogen-bond donors (Lipinski definition) is 1. The normalized spacial score (nSPS) is 13.1. The summed E-state index contributed by atoms with van der Waals surface area (Å²) >= 11 is 0. The standard InChI is InChI=1S/C14H22O2/c1-4-12-5-7-13(8-6-12)14(15)10-16-9-11(2)3/h5-8,11,14-15H,4,9-10H2,1-3H3. The van der Waals surface area contributed by atoms with E-state index in [1.807, 2.05) is 12.1 Å². The monoisotopic (exact) mass is 222 g/mol. The second-order valence-corrected chi connectivity index (χ2v) is 4.54. The second-order valence-electron chi connectivity index (χ2n) is 4.54. The molecule has 16 heavy (non-hydrogen) atoms. The van der Waals surface area contributed by atoms with Crippen LogP contribution in [0.25, 0.3) is 0 Å². The summed E-state index contributed by atoms with van der Waals surface area (Å²) in [5.74, 6) is 0.509. The minimum absolute atomic E-state index is 0.379. The molecule has 1 unspecified atom stereocenters. The summed E-state index contributed by atoms with van der Waals surface area (Å²) < 4.78 is 5.42. The van der Waals surface area contributed by atoms with E-state index in [0.29, 0.717) is 19.1 Å². The topological polar surface area (TPSA) is 29.5 Å². The van der Waals surface area contributed by atoms with Crippen LogP contribution in [0.15, 0.2) is 24.3 Å². The average molecular weight is 222 g/mol. The van der Waals surface area contributed by atoms with Gasteiger partial charge in [-0.3, -0.25) is 0 Å². The van der Waals surface area contributed by atoms with E-state index in [9.17, 15) is 5.11 Å². The minimum atomic E-state index is -0.510. The lowest BCUT2D eigenvalue weighted by atomic mass is 10.1. The van der Waals surface area contributed by atoms with Crippen molar-refractivity contribution < 1.29 is 9.84 Å². The van der Waals surface area contributed by atoms with E-state index in [-0.39, 0.29) is 0 Å². The summed E-state index contributed by atoms with van der Waals surface area (Å²) in [6, 6.07) is 8.06. The predicted molar refractivity (Wildman–Crippen MR) is 66.4 cm³/mol. The molecule has 0 bridgehead atoms. The van der Waals surface area contributed by atoms with Crippen molar-refractivity contribution in [2.24, 2.45) is 5.92 Å². The van der Waals surface area contributed by atoms with Gasteiger partial charge < -0.3 is 9.84 Å². The number of ether oxygens (including phenoxy) is 1. The molecule has 0 aliphatic rings. The molecule has 1 aromatic rings. The quantitative estimate of drug-likeness (QED) is 0.802. The van der Waals surface area contributed by atoms with Gasteiger partial charge >= 0.3 is 0 Å². The Morgan fingerprint density at radius 1 is 1.12 bits per heavy atom. The highest BCUT2D eigenvalue weighted by Crippen LogP contribution is 2.14. The first-order valence-corrected chi connectivity index (χ1v) is 5.98. The van der Waals surface area contributed by atoms with E-state index >= 15 is 0 Å². The number of hydrogen-bond acceptors (Lipinski definition) is 2. The van der Waals surface area contributed by atoms with Gasteiger partial charge in [0.15, 0.2) is 0 Å². The first kappa shape index (κ1) is 13.2. The minimum Gasteiger partial charge on any atom is -0.386 e. The lowest BCUT2D eigenvalue weighted by Crippen LogP contribution is -2.10. The van der Waals surface area contributed by atoms with Crippen LogP contribution >= 0.6 is 0 Å². The fourth-order valence-electron chi connectivity index (χ4n) is 1.49. The molecule has 0 aliphatic carbocycles. The van der Waals surface area contributed by atoms with Gasteiger partial charge in [-0.15, -0.1) is 0 Å². The van der Waals surface area contributed by atoms with Gasteiger partial charge in [-0.2, -0.15) is 0 Å². The van der Waals surface area contributed by atoms with Crippen LogP contribution < -0.4 is 0 Å². The zero-order chi connectivity index (χ0) is 12.0. The molecule has 90 valence electrons. The van der Waals surface area contributed by atoms with Gasteiger partial charge in [0.2, 0.25) is 0 Å². The zero-order valence-electron chi connectivity index (χ0n) is 10.4. The summed E-state index contributed by atoms with van der Waals surface area (Å²) in [6.07, 6.45) is 0.518. The van der Waals surface area contributed by atoms with Gasteiger partial charge in [-0.05, 0) is 23.5 Å². The van der Waals surface area contributed by atoms with Crippen LogP contribution in [0, 0.1) is 5.92 Å². The zero-order valence-corrected chi connectivity index (χ0v) is 10.4. The van der Waals surface area contributed by atoms with Crippen molar-refractivity contribution in [2.45, 2.75) is 33.3 Å². The van der Waals surface area contributed by atoms with Crippen molar-refractivity contribution in [3.05, 3.63) is 35.4 Å². The molecule has 0 heterocycles. The number of rotatable bonds is 6. The van der Waals surface area contributed by atoms with Crippen molar-refractivity contribution in [3.8, 4) is 0 Å². The van der Waals surface area contributed by atoms with Crippen molar-refractivity contribution in [3.63, 3.8) is 0 Å². The van der Waals surface area contributed by atoms with E-state index in [0.717, 1.165) is 12.0 Å². The van der Waals surface area contributed by atoms with Gasteiger partial charge in [-0.1, -0.05) is 45.0 Å². The highest BCUT2D eigenvalue weighted by atomic mass is 16.5. The fourth-order valence-corrected chi connectivity index (χ4v) is 1.49. The third-order valence-electron chi connectivity index (χ3n) is 2.50. The van der Waals surface area contributed by atoms with E-state index in [4.69, 9.17) is 4.74 Å². The molecule has 0 saturated heterocycles. The smallest absolute Gasteiger partial charge is 0.102 e. The Morgan fingerprint density at radius 3 is 2.25 bits per heavy atom. The highest BCUT2D eigenvalue weighted by molar-refractivity contribution is 5.24. The summed E-state index contributed by atoms with van der Waals surface area (Å²) in [5.41, 5.74) is 2.22. The largest absolute Gasteiger partial charge is 0.386 e. The Bertz CT molecular complexity index is 290. The van der Waals surface area contributed by atoms with Crippen molar-refractivity contribution in [1.82, 2.24) is 0 Å². The van der Waals surface area contributed by atoms with Crippen LogP contribution in [0.4, 0.5) is 0 Å². The summed E-state index contributed by atoms with van der Waals surface area (Å²) in [7, 11) is 0. The molecule has 2 heteroatoms. The molecule has 1 rings (SSSR count). The maximum atomic E-state index is 9.87. The van der Waals surface area contributed by atoms with Gasteiger partial charge in [0.1, 0.15) is 6.10 Å². The molecule has 1 atom stereocenters. The lowest BCUT2D eigenvalue weighted by Gasteiger charge is -2.13. The molecule has 1 aromatic carbocycles. The van der Waals surface area contributed by atoms with E-state index in [1.54, 1.807) is 0 Å². The average Bonchev–Trinajstić information content (AvgIpc) is 2.28. The Hall–Kier alpha value is -0.860. The molecule has 0 spiro atoms. The molecule has 0 radical (unpaired) electrons. The van der Waals surface area contributed by atoms with Crippen LogP contribution in [-0.4, -0.2) is 18.3 Å². The summed E-state index contributed by atoms with van der Waals surface area (Å²) in [6.45, 7) is 7.40. The molecule has 1 N–H and O–H groups in total. The lowest BCUT2D eigenvalue weighted by molar-refractivity contribution is 0.0250. The van der Waals surface area contributed by atoms with Crippen LogP contribution in [-0.2, 0) is 11.2 Å². The van der Waals surface area contributed by atoms with Gasteiger partial charge in [0.05, 0.1) is 6.61 Å². The molecule has 0 saturated carbocycles. The van der Waals surface area contributed by atoms with Gasteiger partial charge in [0.25, 0.3) is 0 Å². The molecule has 0 aromatic heterocycles. The Kier molecular flexibility index (Phi) is 5.50. The maximum Gasteiger partial charge on any atom is 0.102 e. The highest BCUT2D eigenvalue weighted by Gasteiger charge is 2.07. The van der Waals surface area contributed by atoms with Gasteiger partial charge in [0, 0.05) is 6.61 Å². The van der Waals surface area contributed by atoms with Crippen LogP contribution in [0.3, 0.4) is 0 Å².